The van der Waals surface area contributed by atoms with Crippen molar-refractivity contribution in [3.05, 3.63) is 53.7 Å². The van der Waals surface area contributed by atoms with Gasteiger partial charge in [-0.15, -0.1) is 0 Å². The van der Waals surface area contributed by atoms with E-state index in [0.29, 0.717) is 27.9 Å². The predicted octanol–water partition coefficient (Wildman–Crippen LogP) is 4.29. The van der Waals surface area contributed by atoms with E-state index in [1.165, 1.54) is 25.4 Å². The number of nitrogens with zero attached hydrogens (tertiary/aromatic N) is 2. The minimum atomic E-state index is -1.57. The van der Waals surface area contributed by atoms with E-state index in [0.717, 1.165) is 21.7 Å². The first kappa shape index (κ1) is 21.5. The van der Waals surface area contributed by atoms with Crippen LogP contribution in [-0.4, -0.2) is 22.2 Å². The second kappa shape index (κ2) is 9.52. The molecule has 0 fully saturated rings. The monoisotopic (exact) mass is 440 g/mol. The van der Waals surface area contributed by atoms with Crippen LogP contribution in [0.4, 0.5) is 10.8 Å². The molecule has 0 bridgehead atoms. The number of ether oxygens (including phenoxy) is 1. The number of rotatable bonds is 7. The van der Waals surface area contributed by atoms with Crippen LogP contribution in [0.25, 0.3) is 10.4 Å². The number of carbonyl (C=O) groups is 1. The van der Waals surface area contributed by atoms with Gasteiger partial charge < -0.3 is 14.8 Å². The van der Waals surface area contributed by atoms with Crippen molar-refractivity contribution in [1.29, 1.82) is 5.26 Å². The maximum atomic E-state index is 13.0. The lowest BCUT2D eigenvalue weighted by Gasteiger charge is -2.12. The number of aryl methyl sites for hydroxylation is 1. The highest BCUT2D eigenvalue weighted by Gasteiger charge is 2.16. The number of thiazole rings is 1. The Morgan fingerprint density at radius 1 is 1.27 bits per heavy atom. The number of hydrogen-bond acceptors (Lipinski definition) is 6. The normalized spacial score (nSPS) is 11.4. The zero-order valence-corrected chi connectivity index (χ0v) is 18.3. The van der Waals surface area contributed by atoms with Crippen molar-refractivity contribution in [2.75, 3.05) is 17.1 Å². The Balaban J connectivity index is 1.89. The highest BCUT2D eigenvalue weighted by molar-refractivity contribution is 7.86. The minimum absolute atomic E-state index is 0.184. The molecule has 30 heavy (non-hydrogen) atoms. The van der Waals surface area contributed by atoms with Crippen LogP contribution in [0.1, 0.15) is 18.2 Å². The third kappa shape index (κ3) is 5.03. The molecule has 3 rings (SSSR count). The van der Waals surface area contributed by atoms with Crippen LogP contribution >= 0.6 is 11.3 Å². The van der Waals surface area contributed by atoms with E-state index in [1.54, 1.807) is 24.3 Å². The van der Waals surface area contributed by atoms with Gasteiger partial charge in [0.25, 0.3) is 0 Å². The lowest BCUT2D eigenvalue weighted by atomic mass is 10.1. The molecule has 1 heterocycles. The summed E-state index contributed by atoms with van der Waals surface area (Å²) >= 11 is 1.36. The van der Waals surface area contributed by atoms with E-state index >= 15 is 0 Å². The molecule has 9 heteroatoms. The maximum Gasteiger partial charge on any atom is 0.223 e. The first-order valence-corrected chi connectivity index (χ1v) is 11.0. The molecule has 0 saturated carbocycles. The quantitative estimate of drug-likeness (QED) is 0.570. The van der Waals surface area contributed by atoms with E-state index in [9.17, 15) is 9.00 Å². The van der Waals surface area contributed by atoms with Gasteiger partial charge in [-0.1, -0.05) is 23.5 Å². The van der Waals surface area contributed by atoms with Crippen LogP contribution < -0.4 is 14.8 Å². The van der Waals surface area contributed by atoms with Crippen LogP contribution in [-0.2, 0) is 22.2 Å². The molecule has 0 saturated heterocycles. The van der Waals surface area contributed by atoms with Gasteiger partial charge in [-0.25, -0.2) is 9.19 Å². The molecular formula is C21H20N4O3S2. The SMILES string of the molecule is COc1ccc(-c2sc(NC(C)=O)nc2C)cc1S(=O)Nc1ccc(CC#N)cc1. The predicted molar refractivity (Wildman–Crippen MR) is 119 cm³/mol. The highest BCUT2D eigenvalue weighted by atomic mass is 32.2. The number of nitrogens with one attached hydrogen (secondary N) is 2. The Morgan fingerprint density at radius 3 is 2.63 bits per heavy atom. The van der Waals surface area contributed by atoms with Gasteiger partial charge in [-0.3, -0.25) is 4.79 Å². The second-order valence-corrected chi connectivity index (χ2v) is 8.56. The number of anilines is 2. The number of aromatic nitrogens is 1. The molecule has 1 amide bonds. The summed E-state index contributed by atoms with van der Waals surface area (Å²) in [5.41, 5.74) is 3.16. The van der Waals surface area contributed by atoms with Crippen LogP contribution in [0.2, 0.25) is 0 Å². The van der Waals surface area contributed by atoms with Crippen LogP contribution in [0.5, 0.6) is 5.75 Å². The first-order chi connectivity index (χ1) is 14.4. The van der Waals surface area contributed by atoms with Gasteiger partial charge in [-0.05, 0) is 48.4 Å². The van der Waals surface area contributed by atoms with Crippen LogP contribution in [0.3, 0.4) is 0 Å². The fourth-order valence-corrected chi connectivity index (χ4v) is 4.81. The highest BCUT2D eigenvalue weighted by Crippen LogP contribution is 2.36. The summed E-state index contributed by atoms with van der Waals surface area (Å²) in [5.74, 6) is 0.312. The minimum Gasteiger partial charge on any atom is -0.495 e. The number of amides is 1. The Morgan fingerprint density at radius 2 is 2.00 bits per heavy atom. The van der Waals surface area contributed by atoms with Gasteiger partial charge in [0.15, 0.2) is 16.1 Å². The number of carbonyl (C=O) groups excluding carboxylic acids is 1. The summed E-state index contributed by atoms with van der Waals surface area (Å²) in [6.07, 6.45) is 0.327. The van der Waals surface area contributed by atoms with Crippen molar-refractivity contribution in [2.24, 2.45) is 0 Å². The smallest absolute Gasteiger partial charge is 0.223 e. The standard InChI is InChI=1S/C21H20N4O3S2/c1-13-20(29-21(23-13)24-14(2)26)16-6-9-18(28-3)19(12-16)30(27)25-17-7-4-15(5-8-17)10-11-22/h4-9,12,25H,10H2,1-3H3,(H,23,24,26). The summed E-state index contributed by atoms with van der Waals surface area (Å²) in [6, 6.07) is 14.7. The zero-order chi connectivity index (χ0) is 21.7. The molecule has 7 nitrogen and oxygen atoms in total. The molecular weight excluding hydrogens is 420 g/mol. The average molecular weight is 441 g/mol. The largest absolute Gasteiger partial charge is 0.495 e. The Bertz CT molecular complexity index is 1130. The van der Waals surface area contributed by atoms with E-state index in [-0.39, 0.29) is 5.91 Å². The van der Waals surface area contributed by atoms with Crippen LogP contribution in [0, 0.1) is 18.3 Å². The molecule has 3 aromatic rings. The zero-order valence-electron chi connectivity index (χ0n) is 16.7. The van der Waals surface area contributed by atoms with Crippen molar-refractivity contribution >= 4 is 39.0 Å². The summed E-state index contributed by atoms with van der Waals surface area (Å²) in [6.45, 7) is 3.29. The summed E-state index contributed by atoms with van der Waals surface area (Å²) in [5, 5.41) is 12.0. The molecule has 1 unspecified atom stereocenters. The molecule has 0 aliphatic rings. The second-order valence-electron chi connectivity index (χ2n) is 6.38. The van der Waals surface area contributed by atoms with Gasteiger partial charge in [0.1, 0.15) is 10.6 Å². The van der Waals surface area contributed by atoms with Gasteiger partial charge in [0, 0.05) is 12.6 Å². The maximum absolute atomic E-state index is 13.0. The van der Waals surface area contributed by atoms with Gasteiger partial charge in [-0.2, -0.15) is 5.26 Å². The first-order valence-electron chi connectivity index (χ1n) is 8.99. The number of nitriles is 1. The summed E-state index contributed by atoms with van der Waals surface area (Å²) in [7, 11) is -0.0477. The Kier molecular flexibility index (Phi) is 6.82. The van der Waals surface area contributed by atoms with Crippen molar-refractivity contribution < 1.29 is 13.7 Å². The molecule has 0 aliphatic heterocycles. The molecule has 2 aromatic carbocycles. The van der Waals surface area contributed by atoms with E-state index < -0.39 is 11.0 Å². The lowest BCUT2D eigenvalue weighted by Crippen LogP contribution is -2.06. The van der Waals surface area contributed by atoms with E-state index in [4.69, 9.17) is 10.00 Å². The van der Waals surface area contributed by atoms with Crippen molar-refractivity contribution in [2.45, 2.75) is 25.2 Å². The summed E-state index contributed by atoms with van der Waals surface area (Å²) in [4.78, 5) is 17.0. The topological polar surface area (TPSA) is 104 Å². The Labute approximate surface area is 181 Å². The number of hydrogen-bond donors (Lipinski definition) is 2. The molecule has 0 aliphatic carbocycles. The van der Waals surface area contributed by atoms with E-state index in [1.807, 2.05) is 25.1 Å². The van der Waals surface area contributed by atoms with Crippen molar-refractivity contribution in [1.82, 2.24) is 4.98 Å². The van der Waals surface area contributed by atoms with Crippen molar-refractivity contribution in [3.63, 3.8) is 0 Å². The van der Waals surface area contributed by atoms with Gasteiger partial charge in [0.2, 0.25) is 5.91 Å². The van der Waals surface area contributed by atoms with Crippen LogP contribution in [0.15, 0.2) is 47.4 Å². The van der Waals surface area contributed by atoms with Crippen molar-refractivity contribution in [3.8, 4) is 22.3 Å². The molecule has 1 aromatic heterocycles. The molecule has 154 valence electrons. The number of methoxy groups -OCH3 is 1. The fraction of sp³-hybridized carbons (Fsp3) is 0.190. The summed E-state index contributed by atoms with van der Waals surface area (Å²) < 4.78 is 21.4. The third-order valence-electron chi connectivity index (χ3n) is 4.15. The van der Waals surface area contributed by atoms with Gasteiger partial charge in [0.05, 0.1) is 30.2 Å². The lowest BCUT2D eigenvalue weighted by molar-refractivity contribution is -0.114. The molecule has 2 N–H and O–H groups in total. The van der Waals surface area contributed by atoms with E-state index in [2.05, 4.69) is 21.1 Å². The molecule has 0 spiro atoms. The molecule has 0 radical (unpaired) electrons. The average Bonchev–Trinajstić information content (AvgIpc) is 3.08. The molecule has 1 atom stereocenters. The number of benzene rings is 2. The fourth-order valence-electron chi connectivity index (χ4n) is 2.78. The van der Waals surface area contributed by atoms with Gasteiger partial charge >= 0.3 is 0 Å². The Hall–Kier alpha value is -3.22. The third-order valence-corrected chi connectivity index (χ3v) is 6.41.